The summed E-state index contributed by atoms with van der Waals surface area (Å²) < 4.78 is 23.6. The smallest absolute Gasteiger partial charge is 0.187 e. The highest BCUT2D eigenvalue weighted by Gasteiger charge is 2.25. The lowest BCUT2D eigenvalue weighted by Crippen LogP contribution is -2.15. The van der Waals surface area contributed by atoms with Crippen LogP contribution < -0.4 is 9.47 Å². The van der Waals surface area contributed by atoms with E-state index >= 15 is 0 Å². The lowest BCUT2D eigenvalue weighted by atomic mass is 9.95. The van der Waals surface area contributed by atoms with Crippen LogP contribution in [0.4, 0.5) is 10.1 Å². The SMILES string of the molecule is COc1ccc2c(c1OC)N=C(c1ccc(F)cc1)CC2=O. The Labute approximate surface area is 127 Å². The Morgan fingerprint density at radius 2 is 1.77 bits per heavy atom. The molecule has 2 aromatic carbocycles. The number of ether oxygens (including phenoxy) is 2. The molecule has 0 bridgehead atoms. The van der Waals surface area contributed by atoms with Crippen LogP contribution >= 0.6 is 0 Å². The van der Waals surface area contributed by atoms with Gasteiger partial charge in [0.25, 0.3) is 0 Å². The van der Waals surface area contributed by atoms with E-state index in [1.807, 2.05) is 0 Å². The number of carbonyl (C=O) groups excluding carboxylic acids is 1. The summed E-state index contributed by atoms with van der Waals surface area (Å²) in [6.07, 6.45) is 0.175. The van der Waals surface area contributed by atoms with Gasteiger partial charge in [-0.2, -0.15) is 0 Å². The first kappa shape index (κ1) is 14.3. The molecular weight excluding hydrogens is 285 g/mol. The normalized spacial score (nSPS) is 13.4. The van der Waals surface area contributed by atoms with E-state index in [0.717, 1.165) is 0 Å². The fourth-order valence-corrected chi connectivity index (χ4v) is 2.48. The summed E-state index contributed by atoms with van der Waals surface area (Å²) in [6.45, 7) is 0. The highest BCUT2D eigenvalue weighted by Crippen LogP contribution is 2.42. The molecule has 0 fully saturated rings. The second-order valence-corrected chi connectivity index (χ2v) is 4.86. The quantitative estimate of drug-likeness (QED) is 0.870. The number of methoxy groups -OCH3 is 2. The molecule has 0 unspecified atom stereocenters. The van der Waals surface area contributed by atoms with Crippen LogP contribution in [-0.2, 0) is 0 Å². The van der Waals surface area contributed by atoms with Crippen molar-refractivity contribution in [2.45, 2.75) is 6.42 Å². The van der Waals surface area contributed by atoms with Crippen molar-refractivity contribution in [3.63, 3.8) is 0 Å². The number of carbonyl (C=O) groups is 1. The highest BCUT2D eigenvalue weighted by atomic mass is 19.1. The Bertz CT molecular complexity index is 766. The van der Waals surface area contributed by atoms with Gasteiger partial charge in [-0.1, -0.05) is 12.1 Å². The first-order valence-corrected chi connectivity index (χ1v) is 6.75. The standard InChI is InChI=1S/C17H14FNO3/c1-21-15-8-7-12-14(20)9-13(19-16(12)17(15)22-2)10-3-5-11(18)6-4-10/h3-8H,9H2,1-2H3. The predicted molar refractivity (Wildman–Crippen MR) is 81.1 cm³/mol. The van der Waals surface area contributed by atoms with Crippen LogP contribution in [0, 0.1) is 5.82 Å². The molecule has 5 heteroatoms. The van der Waals surface area contributed by atoms with Crippen molar-refractivity contribution in [2.75, 3.05) is 14.2 Å². The molecule has 1 aliphatic heterocycles. The van der Waals surface area contributed by atoms with Crippen molar-refractivity contribution < 1.29 is 18.7 Å². The zero-order valence-corrected chi connectivity index (χ0v) is 12.2. The molecule has 1 heterocycles. The molecule has 2 aromatic rings. The van der Waals surface area contributed by atoms with Crippen LogP contribution in [0.3, 0.4) is 0 Å². The molecule has 0 saturated carbocycles. The molecule has 0 aliphatic carbocycles. The summed E-state index contributed by atoms with van der Waals surface area (Å²) in [5.74, 6) is 0.558. The number of ketones is 1. The summed E-state index contributed by atoms with van der Waals surface area (Å²) in [5, 5.41) is 0. The maximum atomic E-state index is 13.0. The Kier molecular flexibility index (Phi) is 3.63. The van der Waals surface area contributed by atoms with E-state index in [4.69, 9.17) is 9.47 Å². The Morgan fingerprint density at radius 3 is 2.41 bits per heavy atom. The van der Waals surface area contributed by atoms with Crippen LogP contribution in [0.25, 0.3) is 0 Å². The molecule has 22 heavy (non-hydrogen) atoms. The topological polar surface area (TPSA) is 47.9 Å². The van der Waals surface area contributed by atoms with Gasteiger partial charge in [0.2, 0.25) is 0 Å². The summed E-state index contributed by atoms with van der Waals surface area (Å²) in [4.78, 5) is 16.9. The average molecular weight is 299 g/mol. The Hall–Kier alpha value is -2.69. The first-order chi connectivity index (χ1) is 10.6. The number of benzene rings is 2. The Balaban J connectivity index is 2.16. The highest BCUT2D eigenvalue weighted by molar-refractivity contribution is 6.21. The van der Waals surface area contributed by atoms with Crippen molar-refractivity contribution in [1.29, 1.82) is 0 Å². The third kappa shape index (κ3) is 2.35. The van der Waals surface area contributed by atoms with Crippen LogP contribution in [0.15, 0.2) is 41.4 Å². The van der Waals surface area contributed by atoms with E-state index in [1.54, 1.807) is 24.3 Å². The second kappa shape index (κ2) is 5.60. The number of hydrogen-bond donors (Lipinski definition) is 0. The predicted octanol–water partition coefficient (Wildman–Crippen LogP) is 3.55. The van der Waals surface area contributed by atoms with Crippen LogP contribution in [0.2, 0.25) is 0 Å². The third-order valence-corrected chi connectivity index (χ3v) is 3.57. The van der Waals surface area contributed by atoms with Crippen molar-refractivity contribution in [2.24, 2.45) is 4.99 Å². The first-order valence-electron chi connectivity index (χ1n) is 6.75. The molecule has 0 amide bonds. The summed E-state index contributed by atoms with van der Waals surface area (Å²) >= 11 is 0. The maximum Gasteiger partial charge on any atom is 0.187 e. The summed E-state index contributed by atoms with van der Waals surface area (Å²) in [5.41, 5.74) is 2.26. The number of halogens is 1. The number of hydrogen-bond acceptors (Lipinski definition) is 4. The monoisotopic (exact) mass is 299 g/mol. The zero-order valence-electron chi connectivity index (χ0n) is 12.2. The van der Waals surface area contributed by atoms with Gasteiger partial charge in [-0.3, -0.25) is 4.79 Å². The lowest BCUT2D eigenvalue weighted by molar-refractivity contribution is 0.0999. The molecule has 0 spiro atoms. The minimum Gasteiger partial charge on any atom is -0.493 e. The molecule has 1 aliphatic rings. The van der Waals surface area contributed by atoms with E-state index in [-0.39, 0.29) is 18.0 Å². The van der Waals surface area contributed by atoms with E-state index in [0.29, 0.717) is 34.0 Å². The molecule has 0 atom stereocenters. The Morgan fingerprint density at radius 1 is 1.05 bits per heavy atom. The molecule has 0 N–H and O–H groups in total. The number of aliphatic imine (C=N–C) groups is 1. The number of rotatable bonds is 3. The van der Waals surface area contributed by atoms with Gasteiger partial charge in [0.05, 0.1) is 26.4 Å². The molecule has 3 rings (SSSR count). The largest absolute Gasteiger partial charge is 0.493 e. The van der Waals surface area contributed by atoms with Gasteiger partial charge in [-0.05, 0) is 29.8 Å². The van der Waals surface area contributed by atoms with Gasteiger partial charge in [-0.25, -0.2) is 9.38 Å². The van der Waals surface area contributed by atoms with E-state index in [2.05, 4.69) is 4.99 Å². The van der Waals surface area contributed by atoms with Gasteiger partial charge >= 0.3 is 0 Å². The van der Waals surface area contributed by atoms with Crippen LogP contribution in [-0.4, -0.2) is 25.7 Å². The van der Waals surface area contributed by atoms with Crippen molar-refractivity contribution in [3.8, 4) is 11.5 Å². The fourth-order valence-electron chi connectivity index (χ4n) is 2.48. The van der Waals surface area contributed by atoms with Gasteiger partial charge < -0.3 is 9.47 Å². The minimum absolute atomic E-state index is 0.0507. The van der Waals surface area contributed by atoms with E-state index in [9.17, 15) is 9.18 Å². The van der Waals surface area contributed by atoms with Gasteiger partial charge in [-0.15, -0.1) is 0 Å². The van der Waals surface area contributed by atoms with Gasteiger partial charge in [0, 0.05) is 5.56 Å². The number of nitrogens with zero attached hydrogens (tertiary/aromatic N) is 1. The van der Waals surface area contributed by atoms with E-state index < -0.39 is 0 Å². The molecule has 112 valence electrons. The fraction of sp³-hybridized carbons (Fsp3) is 0.176. The van der Waals surface area contributed by atoms with Crippen molar-refractivity contribution >= 4 is 17.2 Å². The molecule has 0 saturated heterocycles. The molecular formula is C17H14FNO3. The van der Waals surface area contributed by atoms with Crippen molar-refractivity contribution in [1.82, 2.24) is 0 Å². The molecule has 0 radical (unpaired) electrons. The number of Topliss-reactive ketones (excluding diaryl/α,β-unsaturated/α-hetero) is 1. The number of fused-ring (bicyclic) bond motifs is 1. The molecule has 4 nitrogen and oxygen atoms in total. The average Bonchev–Trinajstić information content (AvgIpc) is 2.54. The maximum absolute atomic E-state index is 13.0. The van der Waals surface area contributed by atoms with Gasteiger partial charge in [0.15, 0.2) is 17.3 Å². The second-order valence-electron chi connectivity index (χ2n) is 4.86. The zero-order chi connectivity index (χ0) is 15.7. The van der Waals surface area contributed by atoms with Crippen LogP contribution in [0.1, 0.15) is 22.3 Å². The third-order valence-electron chi connectivity index (χ3n) is 3.57. The van der Waals surface area contributed by atoms with Gasteiger partial charge in [0.1, 0.15) is 11.5 Å². The molecule has 0 aromatic heterocycles. The summed E-state index contributed by atoms with van der Waals surface area (Å²) in [7, 11) is 3.03. The van der Waals surface area contributed by atoms with Crippen LogP contribution in [0.5, 0.6) is 11.5 Å². The van der Waals surface area contributed by atoms with E-state index in [1.165, 1.54) is 26.4 Å². The van der Waals surface area contributed by atoms with Crippen molar-refractivity contribution in [3.05, 3.63) is 53.3 Å². The lowest BCUT2D eigenvalue weighted by Gasteiger charge is -2.19. The minimum atomic E-state index is -0.328. The summed E-state index contributed by atoms with van der Waals surface area (Å²) in [6, 6.07) is 9.29.